The van der Waals surface area contributed by atoms with Gasteiger partial charge in [0, 0.05) is 73.1 Å². The molecule has 4 aliphatic rings. The van der Waals surface area contributed by atoms with Gasteiger partial charge in [0.25, 0.3) is 0 Å². The largest absolute Gasteiger partial charge is 0.490 e. The second kappa shape index (κ2) is 12.6. The van der Waals surface area contributed by atoms with Gasteiger partial charge in [0.05, 0.1) is 17.1 Å². The number of anilines is 4. The molecule has 4 aliphatic heterocycles. The molecule has 0 radical (unpaired) electrons. The summed E-state index contributed by atoms with van der Waals surface area (Å²) in [5, 5.41) is 24.9. The quantitative estimate of drug-likeness (QED) is 0.196. The molecule has 8 rings (SSSR count). The zero-order valence-electron chi connectivity index (χ0n) is 25.5. The second-order valence-corrected chi connectivity index (χ2v) is 12.3. The summed E-state index contributed by atoms with van der Waals surface area (Å²) in [6, 6.07) is 12.7. The average Bonchev–Trinajstić information content (AvgIpc) is 3.55. The van der Waals surface area contributed by atoms with Gasteiger partial charge in [-0.2, -0.15) is 0 Å². The standard InChI is InChI=1S/C16H18N4.C10H12ClN3.C6H8BNO2/c1-10-7-14(12-4-3-11(2)17-8-12)19-16-15(10)20-6-5-13(9-20)18-16;1-6-4-8(11)13-10-9(6)14-3-2-7(5-14)12-10;1-5-2-3-6(4-8-5)7(9)10/h3-4,7-8,13H,5-6,9H2,1-2H3,(H,18,19);4,7H,2-3,5H2,1H3,(H,12,13);2-4,9-10H,1H3/t13-;7-;/m00./s1. The first-order valence-electron chi connectivity index (χ1n) is 15.1. The molecule has 12 heteroatoms. The summed E-state index contributed by atoms with van der Waals surface area (Å²) in [5.74, 6) is 2.00. The number of halogens is 1. The molecule has 10 nitrogen and oxygen atoms in total. The van der Waals surface area contributed by atoms with Crippen LogP contribution >= 0.6 is 11.6 Å². The molecule has 0 unspecified atom stereocenters. The Morgan fingerprint density at radius 1 is 0.773 bits per heavy atom. The smallest absolute Gasteiger partial charge is 0.423 e. The van der Waals surface area contributed by atoms with Crippen molar-refractivity contribution in [1.82, 2.24) is 19.9 Å². The van der Waals surface area contributed by atoms with E-state index in [-0.39, 0.29) is 0 Å². The van der Waals surface area contributed by atoms with Crippen LogP contribution in [0.15, 0.2) is 48.8 Å². The van der Waals surface area contributed by atoms with Crippen molar-refractivity contribution in [2.24, 2.45) is 0 Å². The molecule has 4 aromatic rings. The third kappa shape index (κ3) is 6.45. The Morgan fingerprint density at radius 3 is 1.89 bits per heavy atom. The van der Waals surface area contributed by atoms with E-state index in [9.17, 15) is 0 Å². The summed E-state index contributed by atoms with van der Waals surface area (Å²) in [5.41, 5.74) is 9.43. The van der Waals surface area contributed by atoms with Gasteiger partial charge in [-0.05, 0) is 82.0 Å². The predicted octanol–water partition coefficient (Wildman–Crippen LogP) is 3.88. The maximum Gasteiger partial charge on any atom is 0.490 e. The van der Waals surface area contributed by atoms with Gasteiger partial charge in [-0.15, -0.1) is 0 Å². The number of hydrogen-bond donors (Lipinski definition) is 4. The second-order valence-electron chi connectivity index (χ2n) is 11.9. The minimum Gasteiger partial charge on any atom is -0.423 e. The number of pyridine rings is 4. The minimum atomic E-state index is -1.41. The van der Waals surface area contributed by atoms with E-state index >= 15 is 0 Å². The summed E-state index contributed by atoms with van der Waals surface area (Å²) in [6.07, 6.45) is 5.76. The van der Waals surface area contributed by atoms with Crippen molar-refractivity contribution in [3.05, 3.63) is 76.5 Å². The van der Waals surface area contributed by atoms with Gasteiger partial charge in [0.1, 0.15) is 5.15 Å². The first-order valence-corrected chi connectivity index (χ1v) is 15.5. The van der Waals surface area contributed by atoms with Gasteiger partial charge in [0.15, 0.2) is 11.6 Å². The van der Waals surface area contributed by atoms with Crippen LogP contribution in [0.2, 0.25) is 5.15 Å². The van der Waals surface area contributed by atoms with Crippen LogP contribution in [0.3, 0.4) is 0 Å². The number of rotatable bonds is 2. The summed E-state index contributed by atoms with van der Waals surface area (Å²) in [4.78, 5) is 22.3. The van der Waals surface area contributed by atoms with Crippen molar-refractivity contribution < 1.29 is 10.0 Å². The molecule has 0 amide bonds. The Labute approximate surface area is 263 Å². The Morgan fingerprint density at radius 2 is 1.34 bits per heavy atom. The minimum absolute atomic E-state index is 0.422. The first kappa shape index (κ1) is 30.1. The lowest BCUT2D eigenvalue weighted by atomic mass is 9.82. The number of nitrogens with zero attached hydrogens (tertiary/aromatic N) is 6. The summed E-state index contributed by atoms with van der Waals surface area (Å²) in [7, 11) is -1.41. The number of nitrogens with one attached hydrogen (secondary N) is 2. The van der Waals surface area contributed by atoms with Crippen molar-refractivity contribution in [1.29, 1.82) is 0 Å². The Balaban J connectivity index is 0.000000125. The SMILES string of the molecule is Cc1cc(Cl)nc2c1N1CC[C@@H](C1)N2.Cc1ccc(-c2cc(C)c3c(n2)N[C@H]2CCN3C2)cn1.Cc1ccc(B(O)O)cn1. The highest BCUT2D eigenvalue weighted by Crippen LogP contribution is 2.39. The van der Waals surface area contributed by atoms with Crippen LogP contribution in [0.5, 0.6) is 0 Å². The Hall–Kier alpha value is -3.93. The molecule has 0 aromatic carbocycles. The molecule has 8 heterocycles. The molecule has 2 fully saturated rings. The highest BCUT2D eigenvalue weighted by atomic mass is 35.5. The monoisotopic (exact) mass is 612 g/mol. The number of aryl methyl sites for hydroxylation is 4. The summed E-state index contributed by atoms with van der Waals surface area (Å²) < 4.78 is 0. The van der Waals surface area contributed by atoms with Crippen molar-refractivity contribution in [3.8, 4) is 11.3 Å². The van der Waals surface area contributed by atoms with Gasteiger partial charge >= 0.3 is 7.12 Å². The van der Waals surface area contributed by atoms with Crippen LogP contribution in [0.1, 0.15) is 35.4 Å². The summed E-state index contributed by atoms with van der Waals surface area (Å²) >= 11 is 5.93. The molecular formula is C32H38BClN8O2. The van der Waals surface area contributed by atoms with E-state index in [0.717, 1.165) is 60.5 Å². The predicted molar refractivity (Wildman–Crippen MR) is 178 cm³/mol. The van der Waals surface area contributed by atoms with Gasteiger partial charge < -0.3 is 30.5 Å². The van der Waals surface area contributed by atoms with Gasteiger partial charge in [0.2, 0.25) is 0 Å². The van der Waals surface area contributed by atoms with Gasteiger partial charge in [-0.1, -0.05) is 17.7 Å². The maximum atomic E-state index is 8.63. The van der Waals surface area contributed by atoms with E-state index in [1.165, 1.54) is 41.5 Å². The van der Waals surface area contributed by atoms with Gasteiger partial charge in [-0.25, -0.2) is 9.97 Å². The lowest BCUT2D eigenvalue weighted by molar-refractivity contribution is 0.425. The Kier molecular flexibility index (Phi) is 8.62. The van der Waals surface area contributed by atoms with Crippen LogP contribution in [-0.2, 0) is 0 Å². The lowest BCUT2D eigenvalue weighted by Crippen LogP contribution is -2.33. The van der Waals surface area contributed by atoms with Crippen LogP contribution < -0.4 is 25.9 Å². The fourth-order valence-corrected chi connectivity index (χ4v) is 6.49. The fraction of sp³-hybridized carbons (Fsp3) is 0.375. The maximum absolute atomic E-state index is 8.63. The topological polar surface area (TPSA) is 123 Å². The zero-order valence-corrected chi connectivity index (χ0v) is 26.3. The molecule has 4 N–H and O–H groups in total. The molecule has 44 heavy (non-hydrogen) atoms. The van der Waals surface area contributed by atoms with E-state index in [2.05, 4.69) is 61.4 Å². The highest BCUT2D eigenvalue weighted by Gasteiger charge is 2.33. The number of fused-ring (bicyclic) bond motifs is 8. The molecule has 2 atom stereocenters. The number of aromatic nitrogens is 4. The van der Waals surface area contributed by atoms with Crippen molar-refractivity contribution in [3.63, 3.8) is 0 Å². The highest BCUT2D eigenvalue weighted by molar-refractivity contribution is 6.58. The fourth-order valence-electron chi connectivity index (χ4n) is 6.24. The third-order valence-corrected chi connectivity index (χ3v) is 8.66. The molecule has 228 valence electrons. The van der Waals surface area contributed by atoms with Crippen LogP contribution in [0.4, 0.5) is 23.0 Å². The van der Waals surface area contributed by atoms with E-state index < -0.39 is 7.12 Å². The van der Waals surface area contributed by atoms with Crippen LogP contribution in [0, 0.1) is 27.7 Å². The van der Waals surface area contributed by atoms with Crippen LogP contribution in [0.25, 0.3) is 11.3 Å². The molecule has 4 bridgehead atoms. The van der Waals surface area contributed by atoms with Crippen molar-refractivity contribution in [2.45, 2.75) is 52.6 Å². The Bertz CT molecular complexity index is 1640. The van der Waals surface area contributed by atoms with Crippen molar-refractivity contribution in [2.75, 3.05) is 46.6 Å². The normalized spacial score (nSPS) is 18.5. The van der Waals surface area contributed by atoms with Crippen molar-refractivity contribution >= 4 is 47.2 Å². The molecule has 2 saturated heterocycles. The third-order valence-electron chi connectivity index (χ3n) is 8.47. The van der Waals surface area contributed by atoms with E-state index in [0.29, 0.717) is 22.7 Å². The molecule has 4 aromatic heterocycles. The molecule has 0 spiro atoms. The van der Waals surface area contributed by atoms with Gasteiger partial charge in [-0.3, -0.25) is 9.97 Å². The molecular weight excluding hydrogens is 575 g/mol. The molecule has 0 aliphatic carbocycles. The number of hydrogen-bond acceptors (Lipinski definition) is 10. The average molecular weight is 613 g/mol. The summed E-state index contributed by atoms with van der Waals surface area (Å²) in [6.45, 7) is 12.6. The van der Waals surface area contributed by atoms with E-state index in [1.54, 1.807) is 12.1 Å². The van der Waals surface area contributed by atoms with E-state index in [1.807, 2.05) is 32.2 Å². The first-order chi connectivity index (χ1) is 21.1. The van der Waals surface area contributed by atoms with Crippen LogP contribution in [-0.4, -0.2) is 75.4 Å². The zero-order chi connectivity index (χ0) is 31.0. The molecule has 0 saturated carbocycles. The lowest BCUT2D eigenvalue weighted by Gasteiger charge is -2.29. The van der Waals surface area contributed by atoms with E-state index in [4.69, 9.17) is 26.6 Å².